The summed E-state index contributed by atoms with van der Waals surface area (Å²) in [6, 6.07) is 13.5. The van der Waals surface area contributed by atoms with Crippen LogP contribution in [0.4, 0.5) is 26.5 Å². The van der Waals surface area contributed by atoms with Crippen LogP contribution in [0.15, 0.2) is 54.7 Å². The Morgan fingerprint density at radius 1 is 1.21 bits per heavy atom. The summed E-state index contributed by atoms with van der Waals surface area (Å²) in [5.74, 6) is 0.334. The van der Waals surface area contributed by atoms with E-state index >= 15 is 0 Å². The summed E-state index contributed by atoms with van der Waals surface area (Å²) in [5, 5.41) is 6.61. The first-order chi connectivity index (χ1) is 13.6. The lowest BCUT2D eigenvalue weighted by atomic mass is 10.1. The van der Waals surface area contributed by atoms with E-state index in [9.17, 15) is 9.18 Å². The molecule has 0 saturated heterocycles. The fourth-order valence-electron chi connectivity index (χ4n) is 2.99. The molecule has 0 spiro atoms. The summed E-state index contributed by atoms with van der Waals surface area (Å²) < 4.78 is 13.1. The van der Waals surface area contributed by atoms with Gasteiger partial charge < -0.3 is 5.32 Å². The highest BCUT2D eigenvalue weighted by Gasteiger charge is 2.23. The molecule has 8 heteroatoms. The molecule has 2 N–H and O–H groups in total. The quantitative estimate of drug-likeness (QED) is 0.652. The third-order valence-corrected chi connectivity index (χ3v) is 4.57. The molecule has 1 aromatic carbocycles. The van der Waals surface area contributed by atoms with Crippen LogP contribution in [0.3, 0.4) is 0 Å². The van der Waals surface area contributed by atoms with Gasteiger partial charge in [-0.3, -0.25) is 10.2 Å². The van der Waals surface area contributed by atoms with Gasteiger partial charge in [0.15, 0.2) is 5.82 Å². The summed E-state index contributed by atoms with van der Waals surface area (Å²) in [6.45, 7) is 1.21. The molecule has 3 aromatic rings. The number of urea groups is 1. The largest absolute Gasteiger partial charge is 0.382 e. The number of carbonyl (C=O) groups is 1. The fourth-order valence-corrected chi connectivity index (χ4v) is 3.18. The molecule has 0 bridgehead atoms. The second-order valence-corrected chi connectivity index (χ2v) is 6.74. The van der Waals surface area contributed by atoms with Gasteiger partial charge in [0.25, 0.3) is 0 Å². The number of nitrogens with zero attached hydrogens (tertiary/aromatic N) is 3. The Bertz CT molecular complexity index is 1010. The third kappa shape index (κ3) is 3.89. The van der Waals surface area contributed by atoms with Crippen LogP contribution in [0, 0.1) is 5.82 Å². The van der Waals surface area contributed by atoms with E-state index in [1.54, 1.807) is 11.0 Å². The van der Waals surface area contributed by atoms with Crippen molar-refractivity contribution >= 4 is 35.0 Å². The number of nitrogens with one attached hydrogen (secondary N) is 2. The summed E-state index contributed by atoms with van der Waals surface area (Å²) in [4.78, 5) is 23.0. The Hall–Kier alpha value is -3.19. The Morgan fingerprint density at radius 3 is 2.89 bits per heavy atom. The zero-order valence-corrected chi connectivity index (χ0v) is 15.6. The number of amides is 2. The first-order valence-electron chi connectivity index (χ1n) is 8.81. The average molecular weight is 398 g/mol. The normalized spacial score (nSPS) is 13.3. The standard InChI is InChI=1S/C20H17ClFN5O/c21-14-4-1-3-13(11-14)16-6-7-17-19(25-16)27(10-2-9-23-17)20(28)26-18-8-5-15(22)12-24-18/h1,3-8,11-12,23H,2,9-10H2,(H,24,26,28). The van der Waals surface area contributed by atoms with Crippen molar-refractivity contribution in [3.63, 3.8) is 0 Å². The van der Waals surface area contributed by atoms with Crippen LogP contribution in [0.5, 0.6) is 0 Å². The Labute approximate surface area is 166 Å². The lowest BCUT2D eigenvalue weighted by Crippen LogP contribution is -2.36. The fraction of sp³-hybridized carbons (Fsp3) is 0.150. The molecule has 6 nitrogen and oxygen atoms in total. The van der Waals surface area contributed by atoms with Gasteiger partial charge in [-0.1, -0.05) is 23.7 Å². The van der Waals surface area contributed by atoms with E-state index in [-0.39, 0.29) is 11.8 Å². The SMILES string of the molecule is O=C(Nc1ccc(F)cn1)N1CCCNc2ccc(-c3cccc(Cl)c3)nc21. The van der Waals surface area contributed by atoms with E-state index in [0.29, 0.717) is 23.1 Å². The number of halogens is 2. The number of hydrogen-bond acceptors (Lipinski definition) is 4. The van der Waals surface area contributed by atoms with Gasteiger partial charge in [-0.2, -0.15) is 0 Å². The topological polar surface area (TPSA) is 70.2 Å². The van der Waals surface area contributed by atoms with Gasteiger partial charge in [-0.25, -0.2) is 19.2 Å². The molecule has 0 aliphatic carbocycles. The number of benzene rings is 1. The van der Waals surface area contributed by atoms with E-state index in [1.165, 1.54) is 12.1 Å². The summed E-state index contributed by atoms with van der Waals surface area (Å²) in [5.41, 5.74) is 2.34. The zero-order valence-electron chi connectivity index (χ0n) is 14.8. The van der Waals surface area contributed by atoms with Crippen LogP contribution in [0.25, 0.3) is 11.3 Å². The van der Waals surface area contributed by atoms with Crippen LogP contribution >= 0.6 is 11.6 Å². The molecule has 0 fully saturated rings. The van der Waals surface area contributed by atoms with Gasteiger partial charge in [-0.05, 0) is 42.8 Å². The molecule has 0 unspecified atom stereocenters. The third-order valence-electron chi connectivity index (χ3n) is 4.33. The number of rotatable bonds is 2. The van der Waals surface area contributed by atoms with Crippen molar-refractivity contribution in [2.45, 2.75) is 6.42 Å². The lowest BCUT2D eigenvalue weighted by Gasteiger charge is -2.22. The summed E-state index contributed by atoms with van der Waals surface area (Å²) in [7, 11) is 0. The Kier molecular flexibility index (Phi) is 5.08. The molecule has 0 saturated carbocycles. The molecule has 3 heterocycles. The van der Waals surface area contributed by atoms with Crippen LogP contribution < -0.4 is 15.5 Å². The van der Waals surface area contributed by atoms with Crippen LogP contribution in [-0.2, 0) is 0 Å². The predicted molar refractivity (Wildman–Crippen MR) is 108 cm³/mol. The second-order valence-electron chi connectivity index (χ2n) is 6.30. The molecule has 1 aliphatic rings. The highest BCUT2D eigenvalue weighted by Crippen LogP contribution is 2.31. The lowest BCUT2D eigenvalue weighted by molar-refractivity contribution is 0.256. The summed E-state index contributed by atoms with van der Waals surface area (Å²) >= 11 is 6.10. The molecule has 1 aliphatic heterocycles. The number of hydrogen-bond donors (Lipinski definition) is 2. The first-order valence-corrected chi connectivity index (χ1v) is 9.19. The predicted octanol–water partition coefficient (Wildman–Crippen LogP) is 4.79. The van der Waals surface area contributed by atoms with Gasteiger partial charge in [0.1, 0.15) is 11.6 Å². The number of aromatic nitrogens is 2. The Balaban J connectivity index is 1.67. The van der Waals surface area contributed by atoms with Gasteiger partial charge in [0.2, 0.25) is 0 Å². The maximum absolute atomic E-state index is 13.1. The molecule has 142 valence electrons. The molecule has 0 atom stereocenters. The first kappa shape index (κ1) is 18.2. The molecular weight excluding hydrogens is 381 g/mol. The minimum Gasteiger partial charge on any atom is -0.382 e. The van der Waals surface area contributed by atoms with Gasteiger partial charge in [-0.15, -0.1) is 0 Å². The van der Waals surface area contributed by atoms with Crippen molar-refractivity contribution in [3.8, 4) is 11.3 Å². The van der Waals surface area contributed by atoms with Crippen molar-refractivity contribution in [1.82, 2.24) is 9.97 Å². The van der Waals surface area contributed by atoms with Crippen molar-refractivity contribution in [1.29, 1.82) is 0 Å². The minimum absolute atomic E-state index is 0.274. The van der Waals surface area contributed by atoms with E-state index in [4.69, 9.17) is 16.6 Å². The average Bonchev–Trinajstić information content (AvgIpc) is 2.91. The number of pyridine rings is 2. The van der Waals surface area contributed by atoms with Gasteiger partial charge in [0, 0.05) is 23.7 Å². The zero-order chi connectivity index (χ0) is 19.5. The molecule has 28 heavy (non-hydrogen) atoms. The van der Waals surface area contributed by atoms with Crippen molar-refractivity contribution in [2.24, 2.45) is 0 Å². The molecule has 4 rings (SSSR count). The van der Waals surface area contributed by atoms with Crippen LogP contribution in [0.2, 0.25) is 5.02 Å². The molecule has 2 aromatic heterocycles. The van der Waals surface area contributed by atoms with Crippen LogP contribution in [0.1, 0.15) is 6.42 Å². The highest BCUT2D eigenvalue weighted by atomic mass is 35.5. The highest BCUT2D eigenvalue weighted by molar-refractivity contribution is 6.30. The monoisotopic (exact) mass is 397 g/mol. The Morgan fingerprint density at radius 2 is 2.11 bits per heavy atom. The van der Waals surface area contributed by atoms with E-state index in [2.05, 4.69) is 15.6 Å². The van der Waals surface area contributed by atoms with Crippen molar-refractivity contribution < 1.29 is 9.18 Å². The van der Waals surface area contributed by atoms with Crippen molar-refractivity contribution in [3.05, 3.63) is 65.6 Å². The second kappa shape index (κ2) is 7.82. The maximum atomic E-state index is 13.1. The summed E-state index contributed by atoms with van der Waals surface area (Å²) in [6.07, 6.45) is 1.82. The van der Waals surface area contributed by atoms with Gasteiger partial charge in [0.05, 0.1) is 17.6 Å². The molecule has 0 radical (unpaired) electrons. The minimum atomic E-state index is -0.463. The molecule has 2 amide bonds. The van der Waals surface area contributed by atoms with E-state index in [0.717, 1.165) is 30.4 Å². The van der Waals surface area contributed by atoms with Crippen molar-refractivity contribution in [2.75, 3.05) is 28.6 Å². The number of fused-ring (bicyclic) bond motifs is 1. The number of carbonyl (C=O) groups excluding carboxylic acids is 1. The van der Waals surface area contributed by atoms with E-state index in [1.807, 2.05) is 30.3 Å². The maximum Gasteiger partial charge on any atom is 0.328 e. The van der Waals surface area contributed by atoms with E-state index < -0.39 is 5.82 Å². The van der Waals surface area contributed by atoms with Gasteiger partial charge >= 0.3 is 6.03 Å². The van der Waals surface area contributed by atoms with Crippen LogP contribution in [-0.4, -0.2) is 29.1 Å². The smallest absolute Gasteiger partial charge is 0.328 e. The number of anilines is 3. The molecular formula is C20H17ClFN5O.